The number of rotatable bonds is 2. The second-order valence-corrected chi connectivity index (χ2v) is 4.72. The lowest BCUT2D eigenvalue weighted by atomic mass is 10.3. The van der Waals surface area contributed by atoms with Gasteiger partial charge < -0.3 is 9.73 Å². The summed E-state index contributed by atoms with van der Waals surface area (Å²) in [4.78, 5) is 20.2. The van der Waals surface area contributed by atoms with Crippen LogP contribution in [0, 0.1) is 20.8 Å². The summed E-state index contributed by atoms with van der Waals surface area (Å²) in [7, 11) is 0. The van der Waals surface area contributed by atoms with Gasteiger partial charge in [-0.15, -0.1) is 0 Å². The van der Waals surface area contributed by atoms with Crippen molar-refractivity contribution in [3.05, 3.63) is 39.6 Å². The van der Waals surface area contributed by atoms with Gasteiger partial charge in [0.05, 0.1) is 11.4 Å². The van der Waals surface area contributed by atoms with Crippen molar-refractivity contribution >= 4 is 27.7 Å². The minimum absolute atomic E-state index is 0.217. The third-order valence-electron chi connectivity index (χ3n) is 2.37. The molecule has 0 fully saturated rings. The van der Waals surface area contributed by atoms with Crippen molar-refractivity contribution in [1.82, 2.24) is 9.97 Å². The number of halogens is 1. The van der Waals surface area contributed by atoms with E-state index in [1.54, 1.807) is 19.9 Å². The van der Waals surface area contributed by atoms with Crippen molar-refractivity contribution in [2.75, 3.05) is 5.32 Å². The Bertz CT molecular complexity index is 607. The van der Waals surface area contributed by atoms with E-state index in [1.807, 2.05) is 13.0 Å². The summed E-state index contributed by atoms with van der Waals surface area (Å²) in [6.45, 7) is 5.28. The maximum absolute atomic E-state index is 11.9. The van der Waals surface area contributed by atoms with Crippen LogP contribution in [0.1, 0.15) is 27.8 Å². The summed E-state index contributed by atoms with van der Waals surface area (Å²) < 4.78 is 6.14. The van der Waals surface area contributed by atoms with Gasteiger partial charge in [-0.3, -0.25) is 4.79 Å². The summed E-state index contributed by atoms with van der Waals surface area (Å²) in [5.41, 5.74) is 1.37. The number of amides is 1. The Hall–Kier alpha value is -1.69. The molecule has 0 aliphatic heterocycles. The average molecular weight is 310 g/mol. The van der Waals surface area contributed by atoms with Crippen LogP contribution < -0.4 is 5.32 Å². The smallest absolute Gasteiger partial charge is 0.294 e. The zero-order chi connectivity index (χ0) is 13.3. The molecular formula is C12H12BrN3O2. The van der Waals surface area contributed by atoms with Gasteiger partial charge in [0.1, 0.15) is 5.82 Å². The quantitative estimate of drug-likeness (QED) is 0.926. The third-order valence-corrected chi connectivity index (χ3v) is 3.21. The van der Waals surface area contributed by atoms with Gasteiger partial charge in [-0.25, -0.2) is 9.97 Å². The molecule has 1 amide bonds. The molecule has 0 saturated heterocycles. The van der Waals surface area contributed by atoms with Gasteiger partial charge in [-0.1, -0.05) is 0 Å². The van der Waals surface area contributed by atoms with Gasteiger partial charge in [-0.2, -0.15) is 0 Å². The van der Waals surface area contributed by atoms with E-state index in [9.17, 15) is 4.79 Å². The Balaban J connectivity index is 2.21. The molecule has 1 N–H and O–H groups in total. The van der Waals surface area contributed by atoms with Gasteiger partial charge >= 0.3 is 0 Å². The van der Waals surface area contributed by atoms with E-state index in [1.165, 1.54) is 0 Å². The molecule has 5 nitrogen and oxygen atoms in total. The number of pyridine rings is 1. The van der Waals surface area contributed by atoms with Crippen LogP contribution in [-0.4, -0.2) is 15.9 Å². The summed E-state index contributed by atoms with van der Waals surface area (Å²) in [6, 6.07) is 3.55. The molecule has 0 aliphatic rings. The van der Waals surface area contributed by atoms with E-state index >= 15 is 0 Å². The molecule has 94 valence electrons. The van der Waals surface area contributed by atoms with Crippen molar-refractivity contribution in [3.8, 4) is 0 Å². The second kappa shape index (κ2) is 4.89. The predicted octanol–water partition coefficient (Wildman–Crippen LogP) is 3.01. The van der Waals surface area contributed by atoms with E-state index in [0.29, 0.717) is 17.4 Å². The number of nitrogens with zero attached hydrogens (tertiary/aromatic N) is 2. The van der Waals surface area contributed by atoms with Crippen LogP contribution in [0.15, 0.2) is 21.0 Å². The van der Waals surface area contributed by atoms with Crippen LogP contribution in [0.25, 0.3) is 0 Å². The van der Waals surface area contributed by atoms with Crippen molar-refractivity contribution < 1.29 is 9.21 Å². The third kappa shape index (κ3) is 2.59. The molecule has 2 aromatic heterocycles. The largest absolute Gasteiger partial charge is 0.436 e. The molecule has 0 saturated carbocycles. The van der Waals surface area contributed by atoms with Gasteiger partial charge in [0.25, 0.3) is 5.91 Å². The summed E-state index contributed by atoms with van der Waals surface area (Å²) in [5.74, 6) is 0.823. The molecule has 0 spiro atoms. The van der Waals surface area contributed by atoms with Gasteiger partial charge in [0.15, 0.2) is 5.89 Å². The summed E-state index contributed by atoms with van der Waals surface area (Å²) in [5, 5.41) is 2.68. The van der Waals surface area contributed by atoms with Gasteiger partial charge in [-0.05, 0) is 41.9 Å². The van der Waals surface area contributed by atoms with Crippen molar-refractivity contribution in [2.24, 2.45) is 0 Å². The van der Waals surface area contributed by atoms with Crippen molar-refractivity contribution in [2.45, 2.75) is 20.8 Å². The first-order valence-electron chi connectivity index (χ1n) is 5.36. The number of hydrogen-bond donors (Lipinski definition) is 1. The molecule has 2 aromatic rings. The molecule has 0 radical (unpaired) electrons. The Morgan fingerprint density at radius 1 is 1.22 bits per heavy atom. The first-order chi connectivity index (χ1) is 8.47. The number of carbonyl (C=O) groups is 1. The standard InChI is InChI=1S/C12H12BrN3O2/c1-6-9(13)4-5-10(15-6)16-12(17)11-7(2)14-8(3)18-11/h4-5H,1-3H3,(H,15,16,17). The molecule has 0 aliphatic carbocycles. The molecule has 0 aromatic carbocycles. The number of oxazole rings is 1. The topological polar surface area (TPSA) is 68.0 Å². The second-order valence-electron chi connectivity index (χ2n) is 3.87. The fraction of sp³-hybridized carbons (Fsp3) is 0.250. The lowest BCUT2D eigenvalue weighted by molar-refractivity contribution is 0.0994. The monoisotopic (exact) mass is 309 g/mol. The molecule has 0 unspecified atom stereocenters. The predicted molar refractivity (Wildman–Crippen MR) is 70.6 cm³/mol. The molecule has 0 atom stereocenters. The van der Waals surface area contributed by atoms with Crippen LogP contribution in [0.2, 0.25) is 0 Å². The zero-order valence-electron chi connectivity index (χ0n) is 10.2. The SMILES string of the molecule is Cc1nc(C)c(C(=O)Nc2ccc(Br)c(C)n2)o1. The van der Waals surface area contributed by atoms with Crippen LogP contribution in [0.5, 0.6) is 0 Å². The van der Waals surface area contributed by atoms with E-state index in [-0.39, 0.29) is 11.7 Å². The molecular weight excluding hydrogens is 298 g/mol. The first kappa shape index (κ1) is 12.8. The number of nitrogens with one attached hydrogen (secondary N) is 1. The molecule has 2 heterocycles. The fourth-order valence-corrected chi connectivity index (χ4v) is 1.75. The van der Waals surface area contributed by atoms with Crippen LogP contribution in [-0.2, 0) is 0 Å². The number of aryl methyl sites for hydroxylation is 3. The normalized spacial score (nSPS) is 10.4. The zero-order valence-corrected chi connectivity index (χ0v) is 11.8. The van der Waals surface area contributed by atoms with Crippen molar-refractivity contribution in [3.63, 3.8) is 0 Å². The maximum atomic E-state index is 11.9. The Morgan fingerprint density at radius 3 is 2.50 bits per heavy atom. The average Bonchev–Trinajstić information content (AvgIpc) is 2.63. The van der Waals surface area contributed by atoms with E-state index in [4.69, 9.17) is 4.42 Å². The fourth-order valence-electron chi connectivity index (χ4n) is 1.53. The first-order valence-corrected chi connectivity index (χ1v) is 6.15. The molecule has 18 heavy (non-hydrogen) atoms. The van der Waals surface area contributed by atoms with E-state index in [0.717, 1.165) is 10.2 Å². The molecule has 0 bridgehead atoms. The Kier molecular flexibility index (Phi) is 3.47. The highest BCUT2D eigenvalue weighted by Crippen LogP contribution is 2.17. The van der Waals surface area contributed by atoms with Crippen LogP contribution in [0.3, 0.4) is 0 Å². The highest BCUT2D eigenvalue weighted by Gasteiger charge is 2.16. The highest BCUT2D eigenvalue weighted by atomic mass is 79.9. The molecule has 2 rings (SSSR count). The molecule has 6 heteroatoms. The minimum Gasteiger partial charge on any atom is -0.436 e. The van der Waals surface area contributed by atoms with Crippen molar-refractivity contribution in [1.29, 1.82) is 0 Å². The number of carbonyl (C=O) groups excluding carboxylic acids is 1. The van der Waals surface area contributed by atoms with Crippen LogP contribution >= 0.6 is 15.9 Å². The van der Waals surface area contributed by atoms with E-state index in [2.05, 4.69) is 31.2 Å². The van der Waals surface area contributed by atoms with E-state index < -0.39 is 0 Å². The number of aromatic nitrogens is 2. The maximum Gasteiger partial charge on any atom is 0.294 e. The summed E-state index contributed by atoms with van der Waals surface area (Å²) in [6.07, 6.45) is 0. The Morgan fingerprint density at radius 2 is 1.94 bits per heavy atom. The highest BCUT2D eigenvalue weighted by molar-refractivity contribution is 9.10. The number of anilines is 1. The van der Waals surface area contributed by atoms with Crippen LogP contribution in [0.4, 0.5) is 5.82 Å². The summed E-state index contributed by atoms with van der Waals surface area (Å²) >= 11 is 3.35. The minimum atomic E-state index is -0.345. The lowest BCUT2D eigenvalue weighted by Gasteiger charge is -2.04. The van der Waals surface area contributed by atoms with Gasteiger partial charge in [0.2, 0.25) is 5.76 Å². The lowest BCUT2D eigenvalue weighted by Crippen LogP contribution is -2.13. The van der Waals surface area contributed by atoms with Gasteiger partial charge in [0, 0.05) is 11.4 Å². The Labute approximate surface area is 113 Å². The number of hydrogen-bond acceptors (Lipinski definition) is 4.